The first kappa shape index (κ1) is 45.0. The van der Waals surface area contributed by atoms with Gasteiger partial charge >= 0.3 is 0 Å². The second-order valence-electron chi connectivity index (χ2n) is 20.3. The summed E-state index contributed by atoms with van der Waals surface area (Å²) in [6.45, 7) is 0. The molecule has 0 spiro atoms. The first-order valence-electron chi connectivity index (χ1n) is 26.7. The average Bonchev–Trinajstić information content (AvgIpc) is 4.25. The van der Waals surface area contributed by atoms with Gasteiger partial charge in [-0.25, -0.2) is 15.0 Å². The highest BCUT2D eigenvalue weighted by molar-refractivity contribution is 7.26. The van der Waals surface area contributed by atoms with Crippen LogP contribution in [-0.4, -0.2) is 24.1 Å². The van der Waals surface area contributed by atoms with Gasteiger partial charge in [0.15, 0.2) is 17.5 Å². The van der Waals surface area contributed by atoms with Crippen molar-refractivity contribution in [2.24, 2.45) is 0 Å². The molecule has 0 aliphatic carbocycles. The molecule has 0 aliphatic heterocycles. The van der Waals surface area contributed by atoms with E-state index in [-0.39, 0.29) is 0 Å². The largest absolute Gasteiger partial charge is 0.307 e. The molecule has 0 N–H and O–H groups in total. The van der Waals surface area contributed by atoms with Crippen LogP contribution in [0.15, 0.2) is 273 Å². The number of benzene rings is 12. The minimum absolute atomic E-state index is 0.592. The Morgan fingerprint density at radius 2 is 0.734 bits per heavy atom. The van der Waals surface area contributed by atoms with Crippen molar-refractivity contribution in [2.45, 2.75) is 0 Å². The van der Waals surface area contributed by atoms with Gasteiger partial charge in [0.25, 0.3) is 0 Å². The Morgan fingerprint density at radius 1 is 0.266 bits per heavy atom. The molecule has 0 aliphatic rings. The first-order chi connectivity index (χ1) is 39.2. The van der Waals surface area contributed by atoms with Crippen LogP contribution in [0.25, 0.3) is 153 Å². The van der Waals surface area contributed by atoms with Gasteiger partial charge in [-0.2, -0.15) is 0 Å². The van der Waals surface area contributed by atoms with Gasteiger partial charge < -0.3 is 9.13 Å². The molecule has 0 unspecified atom stereocenters. The van der Waals surface area contributed by atoms with Crippen LogP contribution in [0.4, 0.5) is 0 Å². The van der Waals surface area contributed by atoms with Gasteiger partial charge in [-0.1, -0.05) is 218 Å². The number of aromatic nitrogens is 5. The van der Waals surface area contributed by atoms with Gasteiger partial charge in [-0.05, 0) is 98.8 Å². The molecule has 0 bridgehead atoms. The van der Waals surface area contributed by atoms with E-state index in [2.05, 4.69) is 282 Å². The van der Waals surface area contributed by atoms with E-state index in [1.165, 1.54) is 69.1 Å². The second kappa shape index (κ2) is 18.2. The third kappa shape index (κ3) is 7.41. The molecule has 0 saturated heterocycles. The quantitative estimate of drug-likeness (QED) is 0.152. The Morgan fingerprint density at radius 3 is 1.47 bits per heavy atom. The van der Waals surface area contributed by atoms with Crippen molar-refractivity contribution >= 4 is 85.9 Å². The van der Waals surface area contributed by atoms with E-state index in [0.717, 1.165) is 66.9 Å². The van der Waals surface area contributed by atoms with Crippen molar-refractivity contribution in [3.05, 3.63) is 273 Å². The summed E-state index contributed by atoms with van der Waals surface area (Å²) in [5, 5.41) is 9.79. The predicted molar refractivity (Wildman–Crippen MR) is 332 cm³/mol. The van der Waals surface area contributed by atoms with E-state index < -0.39 is 0 Å². The molecule has 16 aromatic rings. The maximum atomic E-state index is 5.38. The normalized spacial score (nSPS) is 11.8. The molecule has 4 aromatic heterocycles. The zero-order valence-corrected chi connectivity index (χ0v) is 43.4. The van der Waals surface area contributed by atoms with Crippen LogP contribution in [-0.2, 0) is 0 Å². The summed E-state index contributed by atoms with van der Waals surface area (Å²) in [6, 6.07) is 98.1. The zero-order chi connectivity index (χ0) is 52.0. The van der Waals surface area contributed by atoms with E-state index in [4.69, 9.17) is 15.0 Å². The highest BCUT2D eigenvalue weighted by atomic mass is 32.1. The lowest BCUT2D eigenvalue weighted by Crippen LogP contribution is -2.02. The zero-order valence-electron chi connectivity index (χ0n) is 42.6. The summed E-state index contributed by atoms with van der Waals surface area (Å²) in [7, 11) is 0. The highest BCUT2D eigenvalue weighted by Gasteiger charge is 2.22. The molecule has 0 radical (unpaired) electrons. The Hall–Kier alpha value is -10.3. The van der Waals surface area contributed by atoms with Crippen LogP contribution >= 0.6 is 11.3 Å². The minimum Gasteiger partial charge on any atom is -0.307 e. The molecule has 368 valence electrons. The van der Waals surface area contributed by atoms with Crippen molar-refractivity contribution in [3.8, 4) is 78.9 Å². The summed E-state index contributed by atoms with van der Waals surface area (Å²) in [5.74, 6) is 1.79. The van der Waals surface area contributed by atoms with Gasteiger partial charge in [0.05, 0.1) is 22.1 Å². The van der Waals surface area contributed by atoms with Crippen LogP contribution in [0.3, 0.4) is 0 Å². The fraction of sp³-hybridized carbons (Fsp3) is 0. The number of thiophene rings is 1. The Balaban J connectivity index is 0.854. The standard InChI is InChI=1S/C73H45N5S/c1-2-24-54(25-3-1)77-65-34-9-6-28-59(65)62-41-42-63-60-29-7-10-35-66(60)78(69(63)68(62)77)55-26-14-23-53(45-55)73-75-71(74-72(76-73)52-22-13-20-50(44-52)57-31-15-18-47-17-4-5-27-56(47)57)48-39-37-46(38-40-48)49-19-12-21-51(43-49)58-32-16-33-64-61-30-8-11-36-67(61)79-70(58)64/h1-45H. The van der Waals surface area contributed by atoms with Crippen molar-refractivity contribution in [2.75, 3.05) is 0 Å². The van der Waals surface area contributed by atoms with Crippen molar-refractivity contribution < 1.29 is 0 Å². The van der Waals surface area contributed by atoms with Crippen LogP contribution in [0.5, 0.6) is 0 Å². The van der Waals surface area contributed by atoms with Crippen LogP contribution in [0.2, 0.25) is 0 Å². The molecule has 4 heterocycles. The summed E-state index contributed by atoms with van der Waals surface area (Å²) < 4.78 is 7.48. The second-order valence-corrected chi connectivity index (χ2v) is 21.4. The predicted octanol–water partition coefficient (Wildman–Crippen LogP) is 19.6. The first-order valence-corrected chi connectivity index (χ1v) is 27.6. The summed E-state index contributed by atoms with van der Waals surface area (Å²) in [6.07, 6.45) is 0. The monoisotopic (exact) mass is 1020 g/mol. The summed E-state index contributed by atoms with van der Waals surface area (Å²) in [5.41, 5.74) is 16.4. The van der Waals surface area contributed by atoms with Gasteiger partial charge in [-0.15, -0.1) is 11.3 Å². The summed E-state index contributed by atoms with van der Waals surface area (Å²) in [4.78, 5) is 16.1. The van der Waals surface area contributed by atoms with E-state index in [1.807, 2.05) is 11.3 Å². The van der Waals surface area contributed by atoms with E-state index in [9.17, 15) is 0 Å². The number of fused-ring (bicyclic) bond motifs is 11. The van der Waals surface area contributed by atoms with E-state index in [1.54, 1.807) is 0 Å². The highest BCUT2D eigenvalue weighted by Crippen LogP contribution is 2.44. The van der Waals surface area contributed by atoms with Gasteiger partial charge in [0.1, 0.15) is 0 Å². The molecular weight excluding hydrogens is 979 g/mol. The van der Waals surface area contributed by atoms with Crippen LogP contribution in [0, 0.1) is 0 Å². The van der Waals surface area contributed by atoms with Crippen LogP contribution in [0.1, 0.15) is 0 Å². The lowest BCUT2D eigenvalue weighted by Gasteiger charge is -2.14. The number of hydrogen-bond donors (Lipinski definition) is 0. The molecule has 12 aromatic carbocycles. The minimum atomic E-state index is 0.592. The van der Waals surface area contributed by atoms with Gasteiger partial charge in [-0.3, -0.25) is 0 Å². The molecule has 79 heavy (non-hydrogen) atoms. The molecule has 5 nitrogen and oxygen atoms in total. The lowest BCUT2D eigenvalue weighted by atomic mass is 9.97. The molecule has 0 amide bonds. The third-order valence-electron chi connectivity index (χ3n) is 15.8. The van der Waals surface area contributed by atoms with Crippen molar-refractivity contribution in [3.63, 3.8) is 0 Å². The molecular formula is C73H45N5S. The Labute approximate surface area is 459 Å². The molecule has 0 fully saturated rings. The smallest absolute Gasteiger partial charge is 0.164 e. The maximum absolute atomic E-state index is 5.38. The number of nitrogens with zero attached hydrogens (tertiary/aromatic N) is 5. The fourth-order valence-corrected chi connectivity index (χ4v) is 13.4. The Bertz CT molecular complexity index is 5080. The Kier molecular flexibility index (Phi) is 10.4. The number of para-hydroxylation sites is 3. The SMILES string of the molecule is c1ccc(-n2c3ccccc3c3ccc4c5ccccc5n(-c5cccc(-c6nc(-c7ccc(-c8cccc(-c9cccc%10c9sc9ccccc9%10)c8)cc7)nc(-c7cccc(-c8cccc9ccccc89)c7)n6)c5)c4c32)cc1. The average molecular weight is 1020 g/mol. The van der Waals surface area contributed by atoms with Gasteiger partial charge in [0, 0.05) is 69.8 Å². The van der Waals surface area contributed by atoms with Crippen molar-refractivity contribution in [1.29, 1.82) is 0 Å². The number of hydrogen-bond acceptors (Lipinski definition) is 4. The third-order valence-corrected chi connectivity index (χ3v) is 17.0. The lowest BCUT2D eigenvalue weighted by molar-refractivity contribution is 1.07. The number of rotatable bonds is 8. The summed E-state index contributed by atoms with van der Waals surface area (Å²) >= 11 is 1.86. The molecule has 6 heteroatoms. The topological polar surface area (TPSA) is 48.5 Å². The fourth-order valence-electron chi connectivity index (χ4n) is 12.1. The molecule has 0 saturated carbocycles. The molecule has 16 rings (SSSR count). The van der Waals surface area contributed by atoms with Gasteiger partial charge in [0.2, 0.25) is 0 Å². The van der Waals surface area contributed by atoms with Crippen molar-refractivity contribution in [1.82, 2.24) is 24.1 Å². The van der Waals surface area contributed by atoms with E-state index in [0.29, 0.717) is 17.5 Å². The van der Waals surface area contributed by atoms with Crippen LogP contribution < -0.4 is 0 Å². The van der Waals surface area contributed by atoms with E-state index >= 15 is 0 Å². The maximum Gasteiger partial charge on any atom is 0.164 e. The molecule has 0 atom stereocenters.